The molecule has 44 heavy (non-hydrogen) atoms. The van der Waals surface area contributed by atoms with Crippen LogP contribution in [-0.2, 0) is 57.1 Å². The second-order valence-corrected chi connectivity index (χ2v) is 16.2. The number of fused-ring (bicyclic) bond motifs is 6. The van der Waals surface area contributed by atoms with Crippen molar-refractivity contribution in [1.29, 1.82) is 0 Å². The number of hydrogen-bond donors (Lipinski definition) is 0. The van der Waals surface area contributed by atoms with Gasteiger partial charge in [0.25, 0.3) is 0 Å². The summed E-state index contributed by atoms with van der Waals surface area (Å²) >= 11 is 0. The summed E-state index contributed by atoms with van der Waals surface area (Å²) in [4.78, 5) is 54.1. The molecule has 12 heteroatoms. The summed E-state index contributed by atoms with van der Waals surface area (Å²) in [5.74, 6) is -4.46. The first kappa shape index (κ1) is 30.4. The van der Waals surface area contributed by atoms with Gasteiger partial charge in [0.15, 0.2) is 23.8 Å². The Morgan fingerprint density at radius 1 is 0.545 bits per heavy atom. The van der Waals surface area contributed by atoms with Crippen LogP contribution in [-0.4, -0.2) is 83.3 Å². The Bertz CT molecular complexity index is 1240. The minimum atomic E-state index is -1.47. The first-order valence-electron chi connectivity index (χ1n) is 15.7. The van der Waals surface area contributed by atoms with Crippen LogP contribution >= 0.6 is 0 Å². The fourth-order valence-corrected chi connectivity index (χ4v) is 9.13. The van der Waals surface area contributed by atoms with Crippen molar-refractivity contribution in [2.24, 2.45) is 21.7 Å². The zero-order chi connectivity index (χ0) is 32.3. The predicted molar refractivity (Wildman–Crippen MR) is 147 cm³/mol. The van der Waals surface area contributed by atoms with Crippen LogP contribution in [0.2, 0.25) is 0 Å². The molecule has 12 nitrogen and oxygen atoms in total. The van der Waals surface area contributed by atoms with Crippen molar-refractivity contribution in [2.75, 3.05) is 0 Å². The summed E-state index contributed by atoms with van der Waals surface area (Å²) in [6.07, 6.45) is -4.09. The van der Waals surface area contributed by atoms with Gasteiger partial charge in [0, 0.05) is 10.8 Å². The molecular weight excluding hydrogens is 576 g/mol. The van der Waals surface area contributed by atoms with Crippen molar-refractivity contribution < 1.29 is 57.1 Å². The average Bonchev–Trinajstić information content (AvgIpc) is 3.60. The number of carbonyl (C=O) groups excluding carboxylic acids is 4. The van der Waals surface area contributed by atoms with Gasteiger partial charge in [-0.3, -0.25) is 9.59 Å². The molecule has 0 radical (unpaired) electrons. The predicted octanol–water partition coefficient (Wildman–Crippen LogP) is 3.11. The van der Waals surface area contributed by atoms with Gasteiger partial charge in [-0.2, -0.15) is 0 Å². The molecule has 0 amide bonds. The number of ether oxygens (including phenoxy) is 8. The lowest BCUT2D eigenvalue weighted by Crippen LogP contribution is -2.65. The molecule has 2 unspecified atom stereocenters. The molecule has 7 fully saturated rings. The van der Waals surface area contributed by atoms with E-state index in [2.05, 4.69) is 0 Å². The maximum absolute atomic E-state index is 14.1. The number of carbonyl (C=O) groups is 4. The van der Waals surface area contributed by atoms with Gasteiger partial charge < -0.3 is 37.9 Å². The summed E-state index contributed by atoms with van der Waals surface area (Å²) in [6, 6.07) is 0. The lowest BCUT2D eigenvalue weighted by atomic mass is 9.66. The maximum Gasteiger partial charge on any atom is 0.351 e. The van der Waals surface area contributed by atoms with E-state index in [0.717, 1.165) is 0 Å². The van der Waals surface area contributed by atoms with Crippen LogP contribution in [0.5, 0.6) is 0 Å². The largest absolute Gasteiger partial charge is 0.454 e. The summed E-state index contributed by atoms with van der Waals surface area (Å²) in [5, 5.41) is 0. The standard InChI is InChI=1S/C32H44O12/c1-25(2)29(9)11-13-31(25,43-21(29)33)23(35)37-15-17-19(41-27(5,6)39-17)16(20-18(15)40-28(7,8)42-20)38-24(36)32-14-12-30(10,22(34)44-32)26(32,3)4/h15-20H,11-14H2,1-10H3/t15?,16?,17-,18-,19-,20+,29-,30-,31+,32+/m0/s1. The molecule has 7 aliphatic rings. The highest BCUT2D eigenvalue weighted by atomic mass is 16.8. The molecule has 4 bridgehead atoms. The molecule has 4 aliphatic heterocycles. The monoisotopic (exact) mass is 620 g/mol. The summed E-state index contributed by atoms with van der Waals surface area (Å²) in [5.41, 5.74) is -6.22. The smallest absolute Gasteiger partial charge is 0.351 e. The third-order valence-corrected chi connectivity index (χ3v) is 12.9. The fraction of sp³-hybridized carbons (Fsp3) is 0.875. The second kappa shape index (κ2) is 8.35. The zero-order valence-electron chi connectivity index (χ0n) is 27.2. The Labute approximate surface area is 257 Å². The highest BCUT2D eigenvalue weighted by molar-refractivity contribution is 5.94. The van der Waals surface area contributed by atoms with Crippen LogP contribution in [0.15, 0.2) is 0 Å². The zero-order valence-corrected chi connectivity index (χ0v) is 27.2. The Kier molecular flexibility index (Phi) is 5.76. The van der Waals surface area contributed by atoms with Crippen molar-refractivity contribution in [1.82, 2.24) is 0 Å². The first-order chi connectivity index (χ1) is 20.1. The van der Waals surface area contributed by atoms with E-state index in [1.165, 1.54) is 0 Å². The van der Waals surface area contributed by atoms with Gasteiger partial charge in [0.2, 0.25) is 11.2 Å². The average molecular weight is 621 g/mol. The van der Waals surface area contributed by atoms with Gasteiger partial charge in [-0.1, -0.05) is 27.7 Å². The van der Waals surface area contributed by atoms with Crippen LogP contribution in [0.4, 0.5) is 0 Å². The van der Waals surface area contributed by atoms with Crippen LogP contribution in [0.25, 0.3) is 0 Å². The van der Waals surface area contributed by atoms with E-state index in [9.17, 15) is 19.2 Å². The summed E-state index contributed by atoms with van der Waals surface area (Å²) in [7, 11) is 0. The van der Waals surface area contributed by atoms with Crippen molar-refractivity contribution in [3.8, 4) is 0 Å². The Hall–Kier alpha value is -2.28. The van der Waals surface area contributed by atoms with E-state index < -0.39 is 105 Å². The molecule has 7 rings (SSSR count). The lowest BCUT2D eigenvalue weighted by Gasteiger charge is -2.44. The van der Waals surface area contributed by atoms with Crippen LogP contribution < -0.4 is 0 Å². The molecule has 0 aromatic rings. The van der Waals surface area contributed by atoms with Crippen LogP contribution in [0, 0.1) is 21.7 Å². The second-order valence-electron chi connectivity index (χ2n) is 16.2. The normalized spacial score (nSPS) is 49.7. The minimum absolute atomic E-state index is 0.331. The Morgan fingerprint density at radius 3 is 1.07 bits per heavy atom. The van der Waals surface area contributed by atoms with E-state index in [-0.39, 0.29) is 0 Å². The highest BCUT2D eigenvalue weighted by Gasteiger charge is 2.79. The lowest BCUT2D eigenvalue weighted by molar-refractivity contribution is -0.220. The van der Waals surface area contributed by atoms with Gasteiger partial charge >= 0.3 is 23.9 Å². The molecule has 0 spiro atoms. The molecule has 244 valence electrons. The Morgan fingerprint density at radius 2 is 0.841 bits per heavy atom. The molecule has 0 aromatic carbocycles. The first-order valence-corrected chi connectivity index (χ1v) is 15.7. The number of esters is 4. The van der Waals surface area contributed by atoms with E-state index in [4.69, 9.17) is 37.9 Å². The van der Waals surface area contributed by atoms with Gasteiger partial charge in [-0.15, -0.1) is 0 Å². The molecular formula is C32H44O12. The van der Waals surface area contributed by atoms with E-state index in [0.29, 0.717) is 25.7 Å². The van der Waals surface area contributed by atoms with Crippen molar-refractivity contribution >= 4 is 23.9 Å². The molecule has 0 aromatic heterocycles. The van der Waals surface area contributed by atoms with Gasteiger partial charge in [0.05, 0.1) is 10.8 Å². The van der Waals surface area contributed by atoms with Gasteiger partial charge in [-0.05, 0) is 67.2 Å². The van der Waals surface area contributed by atoms with Crippen LogP contribution in [0.1, 0.15) is 94.9 Å². The van der Waals surface area contributed by atoms with Crippen molar-refractivity contribution in [3.63, 3.8) is 0 Å². The number of hydrogen-bond acceptors (Lipinski definition) is 12. The van der Waals surface area contributed by atoms with E-state index in [1.54, 1.807) is 27.7 Å². The highest BCUT2D eigenvalue weighted by Crippen LogP contribution is 2.67. The minimum Gasteiger partial charge on any atom is -0.454 e. The molecule has 4 saturated heterocycles. The molecule has 0 N–H and O–H groups in total. The third kappa shape index (κ3) is 3.33. The molecule has 10 atom stereocenters. The van der Waals surface area contributed by atoms with E-state index in [1.807, 2.05) is 41.5 Å². The quantitative estimate of drug-likeness (QED) is 0.337. The van der Waals surface area contributed by atoms with Crippen molar-refractivity contribution in [3.05, 3.63) is 0 Å². The van der Waals surface area contributed by atoms with Crippen molar-refractivity contribution in [2.45, 2.75) is 154 Å². The summed E-state index contributed by atoms with van der Waals surface area (Å²) in [6.45, 7) is 18.0. The molecule has 3 aliphatic carbocycles. The van der Waals surface area contributed by atoms with Gasteiger partial charge in [-0.25, -0.2) is 9.59 Å². The third-order valence-electron chi connectivity index (χ3n) is 12.9. The topological polar surface area (TPSA) is 142 Å². The van der Waals surface area contributed by atoms with Crippen LogP contribution in [0.3, 0.4) is 0 Å². The Balaban J connectivity index is 1.22. The van der Waals surface area contributed by atoms with Gasteiger partial charge in [0.1, 0.15) is 24.4 Å². The molecule has 3 saturated carbocycles. The summed E-state index contributed by atoms with van der Waals surface area (Å²) < 4.78 is 49.4. The SMILES string of the molecule is CC1(C)O[C@@H]2C(OC(=O)[C@@]34CC[C@@](C)(C(=O)O3)C4(C)C)[C@@H]3OC(C)(C)O[C@H]3C(OC(=O)[C@@]34CC[C@@](C)(C(=O)O3)C4(C)C)[C@@H]2O1. The molecule has 4 heterocycles. The fourth-order valence-electron chi connectivity index (χ4n) is 9.13. The van der Waals surface area contributed by atoms with E-state index >= 15 is 0 Å². The maximum atomic E-state index is 14.1. The number of rotatable bonds is 4.